The Kier molecular flexibility index (Phi) is 8.11. The second-order valence-electron chi connectivity index (χ2n) is 5.55. The summed E-state index contributed by atoms with van der Waals surface area (Å²) < 4.78 is 11.0. The highest BCUT2D eigenvalue weighted by Gasteiger charge is 2.22. The Morgan fingerprint density at radius 2 is 2.06 bits per heavy atom. The summed E-state index contributed by atoms with van der Waals surface area (Å²) in [6.45, 7) is 9.37. The molecule has 3 nitrogen and oxygen atoms in total. The summed E-state index contributed by atoms with van der Waals surface area (Å²) in [6.07, 6.45) is 6.74. The SMILES string of the molecule is CCCN1CCC(C(C)NCCCS(C)=O)CC1. The molecule has 1 fully saturated rings. The van der Waals surface area contributed by atoms with Gasteiger partial charge in [0.15, 0.2) is 0 Å². The van der Waals surface area contributed by atoms with E-state index < -0.39 is 10.8 Å². The fourth-order valence-electron chi connectivity index (χ4n) is 2.76. The van der Waals surface area contributed by atoms with Gasteiger partial charge in [-0.05, 0) is 64.7 Å². The highest BCUT2D eigenvalue weighted by Crippen LogP contribution is 2.20. The second-order valence-corrected chi connectivity index (χ2v) is 7.11. The van der Waals surface area contributed by atoms with Crippen LogP contribution in [0.5, 0.6) is 0 Å². The van der Waals surface area contributed by atoms with Gasteiger partial charge in [-0.15, -0.1) is 0 Å². The number of rotatable bonds is 8. The molecule has 0 aromatic rings. The zero-order chi connectivity index (χ0) is 13.4. The van der Waals surface area contributed by atoms with Crippen molar-refractivity contribution in [1.29, 1.82) is 0 Å². The van der Waals surface area contributed by atoms with Gasteiger partial charge in [-0.25, -0.2) is 0 Å². The average molecular weight is 274 g/mol. The molecular weight excluding hydrogens is 244 g/mol. The van der Waals surface area contributed by atoms with Gasteiger partial charge in [-0.3, -0.25) is 4.21 Å². The molecule has 1 rings (SSSR count). The third kappa shape index (κ3) is 6.30. The van der Waals surface area contributed by atoms with Gasteiger partial charge in [0, 0.05) is 28.9 Å². The molecule has 108 valence electrons. The number of likely N-dealkylation sites (tertiary alicyclic amines) is 1. The Balaban J connectivity index is 2.11. The van der Waals surface area contributed by atoms with Gasteiger partial charge in [-0.2, -0.15) is 0 Å². The van der Waals surface area contributed by atoms with Gasteiger partial charge in [0.05, 0.1) is 0 Å². The van der Waals surface area contributed by atoms with E-state index in [1.54, 1.807) is 6.26 Å². The summed E-state index contributed by atoms with van der Waals surface area (Å²) in [5.41, 5.74) is 0. The van der Waals surface area contributed by atoms with E-state index >= 15 is 0 Å². The first-order valence-corrected chi connectivity index (χ1v) is 9.12. The first-order valence-electron chi connectivity index (χ1n) is 7.39. The van der Waals surface area contributed by atoms with Crippen molar-refractivity contribution >= 4 is 10.8 Å². The second kappa shape index (κ2) is 9.05. The van der Waals surface area contributed by atoms with Crippen LogP contribution < -0.4 is 5.32 Å². The Morgan fingerprint density at radius 3 is 2.61 bits per heavy atom. The lowest BCUT2D eigenvalue weighted by atomic mass is 9.90. The molecule has 0 spiro atoms. The van der Waals surface area contributed by atoms with Gasteiger partial charge in [0.25, 0.3) is 0 Å². The van der Waals surface area contributed by atoms with Crippen molar-refractivity contribution in [3.05, 3.63) is 0 Å². The fourth-order valence-corrected chi connectivity index (χ4v) is 3.32. The van der Waals surface area contributed by atoms with E-state index in [4.69, 9.17) is 0 Å². The lowest BCUT2D eigenvalue weighted by molar-refractivity contribution is 0.163. The number of hydrogen-bond donors (Lipinski definition) is 1. The molecule has 1 aliphatic heterocycles. The third-order valence-corrected chi connectivity index (χ3v) is 4.82. The highest BCUT2D eigenvalue weighted by molar-refractivity contribution is 7.84. The van der Waals surface area contributed by atoms with E-state index in [9.17, 15) is 4.21 Å². The minimum absolute atomic E-state index is 0.610. The minimum Gasteiger partial charge on any atom is -0.314 e. The van der Waals surface area contributed by atoms with E-state index in [1.165, 1.54) is 38.9 Å². The third-order valence-electron chi connectivity index (χ3n) is 3.95. The van der Waals surface area contributed by atoms with E-state index in [-0.39, 0.29) is 0 Å². The largest absolute Gasteiger partial charge is 0.314 e. The van der Waals surface area contributed by atoms with E-state index in [0.717, 1.165) is 24.6 Å². The molecule has 0 aliphatic carbocycles. The maximum Gasteiger partial charge on any atom is 0.0244 e. The first-order chi connectivity index (χ1) is 8.63. The zero-order valence-corrected chi connectivity index (χ0v) is 13.1. The molecule has 18 heavy (non-hydrogen) atoms. The Morgan fingerprint density at radius 1 is 1.39 bits per heavy atom. The Bertz CT molecular complexity index is 240. The van der Waals surface area contributed by atoms with Crippen LogP contribution in [0, 0.1) is 5.92 Å². The van der Waals surface area contributed by atoms with Crippen molar-refractivity contribution in [1.82, 2.24) is 10.2 Å². The van der Waals surface area contributed by atoms with Gasteiger partial charge in [0.2, 0.25) is 0 Å². The Labute approximate surface area is 115 Å². The Hall–Kier alpha value is 0.0700. The maximum atomic E-state index is 11.0. The fraction of sp³-hybridized carbons (Fsp3) is 1.00. The zero-order valence-electron chi connectivity index (χ0n) is 12.3. The molecule has 1 N–H and O–H groups in total. The smallest absolute Gasteiger partial charge is 0.0244 e. The lowest BCUT2D eigenvalue weighted by Crippen LogP contribution is -2.42. The predicted molar refractivity (Wildman–Crippen MR) is 80.5 cm³/mol. The molecule has 2 atom stereocenters. The average Bonchev–Trinajstić information content (AvgIpc) is 2.35. The predicted octanol–water partition coefficient (Wildman–Crippen LogP) is 1.86. The molecule has 0 saturated carbocycles. The molecular formula is C14H30N2OS. The van der Waals surface area contributed by atoms with Crippen molar-refractivity contribution in [3.63, 3.8) is 0 Å². The summed E-state index contributed by atoms with van der Waals surface area (Å²) in [4.78, 5) is 2.59. The van der Waals surface area contributed by atoms with Gasteiger partial charge >= 0.3 is 0 Å². The summed E-state index contributed by atoms with van der Waals surface area (Å²) >= 11 is 0. The van der Waals surface area contributed by atoms with E-state index in [1.807, 2.05) is 0 Å². The quantitative estimate of drug-likeness (QED) is 0.686. The van der Waals surface area contributed by atoms with Crippen molar-refractivity contribution in [3.8, 4) is 0 Å². The van der Waals surface area contributed by atoms with Crippen LogP contribution in [0.2, 0.25) is 0 Å². The van der Waals surface area contributed by atoms with E-state index in [2.05, 4.69) is 24.1 Å². The summed E-state index contributed by atoms with van der Waals surface area (Å²) in [5, 5.41) is 3.60. The van der Waals surface area contributed by atoms with Gasteiger partial charge in [0.1, 0.15) is 0 Å². The standard InChI is InChI=1S/C14H30N2OS/c1-4-9-16-10-6-14(7-11-16)13(2)15-8-5-12-18(3)17/h13-15H,4-12H2,1-3H3. The number of nitrogens with one attached hydrogen (secondary N) is 1. The topological polar surface area (TPSA) is 32.3 Å². The molecule has 0 aromatic heterocycles. The molecule has 2 unspecified atom stereocenters. The first kappa shape index (κ1) is 16.1. The molecule has 0 amide bonds. The lowest BCUT2D eigenvalue weighted by Gasteiger charge is -2.35. The molecule has 4 heteroatoms. The van der Waals surface area contributed by atoms with Crippen molar-refractivity contribution in [2.45, 2.75) is 45.6 Å². The summed E-state index contributed by atoms with van der Waals surface area (Å²) in [7, 11) is -0.639. The van der Waals surface area contributed by atoms with Gasteiger partial charge < -0.3 is 10.2 Å². The molecule has 0 radical (unpaired) electrons. The number of nitrogens with zero attached hydrogens (tertiary/aromatic N) is 1. The number of hydrogen-bond acceptors (Lipinski definition) is 3. The van der Waals surface area contributed by atoms with Crippen LogP contribution in [0.1, 0.15) is 39.5 Å². The van der Waals surface area contributed by atoms with Crippen molar-refractivity contribution in [2.24, 2.45) is 5.92 Å². The van der Waals surface area contributed by atoms with Crippen LogP contribution in [0.15, 0.2) is 0 Å². The van der Waals surface area contributed by atoms with Crippen molar-refractivity contribution in [2.75, 3.05) is 38.2 Å². The van der Waals surface area contributed by atoms with Gasteiger partial charge in [-0.1, -0.05) is 6.92 Å². The van der Waals surface area contributed by atoms with Crippen LogP contribution in [0.3, 0.4) is 0 Å². The van der Waals surface area contributed by atoms with E-state index in [0.29, 0.717) is 6.04 Å². The molecule has 0 aromatic carbocycles. The molecule has 1 saturated heterocycles. The van der Waals surface area contributed by atoms with Crippen LogP contribution in [0.25, 0.3) is 0 Å². The van der Waals surface area contributed by atoms with Crippen LogP contribution in [-0.2, 0) is 10.8 Å². The van der Waals surface area contributed by atoms with Crippen molar-refractivity contribution < 1.29 is 4.21 Å². The normalized spacial score (nSPS) is 21.9. The number of piperidine rings is 1. The minimum atomic E-state index is -0.639. The molecule has 1 heterocycles. The molecule has 1 aliphatic rings. The van der Waals surface area contributed by atoms with Crippen LogP contribution >= 0.6 is 0 Å². The summed E-state index contributed by atoms with van der Waals surface area (Å²) in [5.74, 6) is 1.65. The highest BCUT2D eigenvalue weighted by atomic mass is 32.2. The molecule has 0 bridgehead atoms. The van der Waals surface area contributed by atoms with Crippen LogP contribution in [-0.4, -0.2) is 53.3 Å². The monoisotopic (exact) mass is 274 g/mol. The maximum absolute atomic E-state index is 11.0. The summed E-state index contributed by atoms with van der Waals surface area (Å²) in [6, 6.07) is 0.610. The van der Waals surface area contributed by atoms with Crippen LogP contribution in [0.4, 0.5) is 0 Å².